The van der Waals surface area contributed by atoms with E-state index in [1.165, 1.54) is 32.1 Å². The van der Waals surface area contributed by atoms with Gasteiger partial charge in [-0.3, -0.25) is 0 Å². The summed E-state index contributed by atoms with van der Waals surface area (Å²) in [5.41, 5.74) is 0. The predicted octanol–water partition coefficient (Wildman–Crippen LogP) is 5.71. The molecule has 0 rings (SSSR count). The summed E-state index contributed by atoms with van der Waals surface area (Å²) in [5.74, 6) is 0. The monoisotopic (exact) mass is 336 g/mol. The van der Waals surface area contributed by atoms with Crippen LogP contribution in [0.4, 0.5) is 0 Å². The first-order valence-corrected chi connectivity index (χ1v) is 10.6. The average molecular weight is 336 g/mol. The molecule has 0 bridgehead atoms. The molecule has 0 saturated heterocycles. The number of unbranched alkanes of at least 4 members (excludes halogenated alkanes) is 4. The highest BCUT2D eigenvalue weighted by atomic mass is 127. The summed E-state index contributed by atoms with van der Waals surface area (Å²) in [6, 6.07) is 0. The molecule has 0 aromatic carbocycles. The molecule has 15 heavy (non-hydrogen) atoms. The van der Waals surface area contributed by atoms with Crippen LogP contribution in [-0.4, -0.2) is 8.07 Å². The van der Waals surface area contributed by atoms with Crippen molar-refractivity contribution < 1.29 is 0 Å². The van der Waals surface area contributed by atoms with Crippen LogP contribution < -0.4 is 0 Å². The number of hydrogen-bond acceptors (Lipinski definition) is 0. The first-order valence-electron chi connectivity index (χ1n) is 6.01. The van der Waals surface area contributed by atoms with Crippen molar-refractivity contribution in [3.63, 3.8) is 0 Å². The van der Waals surface area contributed by atoms with Crippen molar-refractivity contribution in [2.45, 2.75) is 58.7 Å². The standard InChI is InChI=1S/C13H25ISi/c1-5-6-7-8-9-10-11-12-13(14)15(2,3)4/h10-12H,5-9H2,1-4H3/b11-10+,13-12+. The summed E-state index contributed by atoms with van der Waals surface area (Å²) in [6.07, 6.45) is 13.5. The molecule has 0 fully saturated rings. The fourth-order valence-electron chi connectivity index (χ4n) is 1.19. The number of allylic oxidation sites excluding steroid dienone is 3. The maximum Gasteiger partial charge on any atom is 0.0854 e. The van der Waals surface area contributed by atoms with Crippen molar-refractivity contribution in [2.75, 3.05) is 0 Å². The van der Waals surface area contributed by atoms with Crippen LogP contribution in [-0.2, 0) is 0 Å². The first-order chi connectivity index (χ1) is 6.98. The molecule has 0 aromatic rings. The molecular formula is C13H25ISi. The number of halogens is 1. The molecule has 0 aliphatic rings. The molecule has 0 N–H and O–H groups in total. The third-order valence-electron chi connectivity index (χ3n) is 2.32. The van der Waals surface area contributed by atoms with Crippen LogP contribution in [0.3, 0.4) is 0 Å². The smallest absolute Gasteiger partial charge is 0.0845 e. The average Bonchev–Trinajstić information content (AvgIpc) is 2.14. The van der Waals surface area contributed by atoms with E-state index in [1.54, 1.807) is 3.20 Å². The van der Waals surface area contributed by atoms with Crippen LogP contribution in [0.5, 0.6) is 0 Å². The molecule has 0 saturated carbocycles. The van der Waals surface area contributed by atoms with E-state index >= 15 is 0 Å². The molecule has 0 aromatic heterocycles. The molecule has 0 atom stereocenters. The van der Waals surface area contributed by atoms with E-state index < -0.39 is 8.07 Å². The minimum atomic E-state index is -1.05. The van der Waals surface area contributed by atoms with Crippen molar-refractivity contribution >= 4 is 30.7 Å². The molecule has 88 valence electrons. The zero-order valence-electron chi connectivity index (χ0n) is 10.6. The Kier molecular flexibility index (Phi) is 8.81. The Morgan fingerprint density at radius 1 is 1.13 bits per heavy atom. The van der Waals surface area contributed by atoms with Gasteiger partial charge in [-0.2, -0.15) is 0 Å². The third-order valence-corrected chi connectivity index (χ3v) is 9.13. The van der Waals surface area contributed by atoms with Gasteiger partial charge < -0.3 is 0 Å². The van der Waals surface area contributed by atoms with Crippen molar-refractivity contribution in [3.05, 3.63) is 21.4 Å². The molecule has 2 heteroatoms. The Bertz CT molecular complexity index is 211. The Balaban J connectivity index is 3.70. The van der Waals surface area contributed by atoms with Crippen molar-refractivity contribution in [1.29, 1.82) is 0 Å². The van der Waals surface area contributed by atoms with E-state index in [4.69, 9.17) is 0 Å². The molecule has 0 unspecified atom stereocenters. The predicted molar refractivity (Wildman–Crippen MR) is 83.3 cm³/mol. The van der Waals surface area contributed by atoms with Crippen molar-refractivity contribution in [1.82, 2.24) is 0 Å². The van der Waals surface area contributed by atoms with E-state index in [2.05, 4.69) is 67.4 Å². The maximum absolute atomic E-state index is 2.49. The van der Waals surface area contributed by atoms with Crippen LogP contribution in [0.2, 0.25) is 19.6 Å². The van der Waals surface area contributed by atoms with Crippen molar-refractivity contribution in [2.24, 2.45) is 0 Å². The molecule has 0 aliphatic heterocycles. The van der Waals surface area contributed by atoms with Gasteiger partial charge in [0, 0.05) is 0 Å². The van der Waals surface area contributed by atoms with E-state index in [0.29, 0.717) is 0 Å². The van der Waals surface area contributed by atoms with Crippen LogP contribution in [0, 0.1) is 0 Å². The van der Waals surface area contributed by atoms with Crippen LogP contribution in [0.1, 0.15) is 39.0 Å². The zero-order valence-corrected chi connectivity index (χ0v) is 13.8. The molecular weight excluding hydrogens is 311 g/mol. The molecule has 0 aliphatic carbocycles. The maximum atomic E-state index is 2.49. The summed E-state index contributed by atoms with van der Waals surface area (Å²) < 4.78 is 1.56. The molecule has 0 amide bonds. The number of rotatable bonds is 7. The highest BCUT2D eigenvalue weighted by Gasteiger charge is 2.15. The summed E-state index contributed by atoms with van der Waals surface area (Å²) in [7, 11) is -1.05. The van der Waals surface area contributed by atoms with Crippen LogP contribution in [0.25, 0.3) is 0 Å². The Morgan fingerprint density at radius 3 is 2.33 bits per heavy atom. The van der Waals surface area contributed by atoms with Gasteiger partial charge in [-0.25, -0.2) is 0 Å². The minimum Gasteiger partial charge on any atom is -0.0845 e. The molecule has 0 radical (unpaired) electrons. The summed E-state index contributed by atoms with van der Waals surface area (Å²) >= 11 is 2.49. The summed E-state index contributed by atoms with van der Waals surface area (Å²) in [4.78, 5) is 0. The lowest BCUT2D eigenvalue weighted by atomic mass is 10.1. The second-order valence-corrected chi connectivity index (χ2v) is 12.3. The van der Waals surface area contributed by atoms with Gasteiger partial charge in [0.05, 0.1) is 8.07 Å². The van der Waals surface area contributed by atoms with Gasteiger partial charge in [0.15, 0.2) is 0 Å². The molecule has 0 spiro atoms. The van der Waals surface area contributed by atoms with Crippen LogP contribution in [0.15, 0.2) is 21.4 Å². The Hall–Kier alpha value is 0.427. The second kappa shape index (κ2) is 8.56. The Morgan fingerprint density at radius 2 is 1.80 bits per heavy atom. The lowest BCUT2D eigenvalue weighted by Crippen LogP contribution is -2.19. The highest BCUT2D eigenvalue weighted by Crippen LogP contribution is 2.21. The van der Waals surface area contributed by atoms with Gasteiger partial charge in [0.25, 0.3) is 0 Å². The largest absolute Gasteiger partial charge is 0.0854 e. The van der Waals surface area contributed by atoms with Gasteiger partial charge in [-0.15, -0.1) is 0 Å². The van der Waals surface area contributed by atoms with E-state index in [-0.39, 0.29) is 0 Å². The normalized spacial score (nSPS) is 13.8. The van der Waals surface area contributed by atoms with E-state index in [0.717, 1.165) is 0 Å². The topological polar surface area (TPSA) is 0 Å². The molecule has 0 heterocycles. The third kappa shape index (κ3) is 9.36. The molecule has 0 nitrogen and oxygen atoms in total. The van der Waals surface area contributed by atoms with Gasteiger partial charge in [0.1, 0.15) is 0 Å². The van der Waals surface area contributed by atoms with E-state index in [9.17, 15) is 0 Å². The Labute approximate surface area is 110 Å². The first kappa shape index (κ1) is 15.4. The van der Waals surface area contributed by atoms with E-state index in [1.807, 2.05) is 0 Å². The minimum absolute atomic E-state index is 1.05. The zero-order chi connectivity index (χ0) is 11.7. The quantitative estimate of drug-likeness (QED) is 0.242. The second-order valence-electron chi connectivity index (χ2n) is 5.04. The number of hydrogen-bond donors (Lipinski definition) is 0. The lowest BCUT2D eigenvalue weighted by molar-refractivity contribution is 0.674. The van der Waals surface area contributed by atoms with Gasteiger partial charge in [-0.1, -0.05) is 86.6 Å². The summed E-state index contributed by atoms with van der Waals surface area (Å²) in [6.45, 7) is 9.43. The SMILES string of the molecule is CCCCCC/C=C/C=C(\I)[Si](C)(C)C. The lowest BCUT2D eigenvalue weighted by Gasteiger charge is -2.13. The van der Waals surface area contributed by atoms with Gasteiger partial charge in [-0.05, 0) is 16.0 Å². The summed E-state index contributed by atoms with van der Waals surface area (Å²) in [5, 5.41) is 0. The highest BCUT2D eigenvalue weighted by molar-refractivity contribution is 14.1. The van der Waals surface area contributed by atoms with Crippen LogP contribution >= 0.6 is 22.6 Å². The fourth-order valence-corrected chi connectivity index (χ4v) is 1.99. The fraction of sp³-hybridized carbons (Fsp3) is 0.692. The van der Waals surface area contributed by atoms with Gasteiger partial charge >= 0.3 is 0 Å². The van der Waals surface area contributed by atoms with Crippen molar-refractivity contribution in [3.8, 4) is 0 Å². The van der Waals surface area contributed by atoms with Gasteiger partial charge in [0.2, 0.25) is 0 Å².